The third kappa shape index (κ3) is 7.17. The van der Waals surface area contributed by atoms with E-state index in [-0.39, 0.29) is 0 Å². The van der Waals surface area contributed by atoms with Crippen LogP contribution in [0.2, 0.25) is 0 Å². The van der Waals surface area contributed by atoms with E-state index in [2.05, 4.69) is 22.0 Å². The van der Waals surface area contributed by atoms with Crippen molar-refractivity contribution in [2.75, 3.05) is 57.9 Å². The van der Waals surface area contributed by atoms with Crippen LogP contribution in [0, 0.1) is 0 Å². The molecule has 3 nitrogen and oxygen atoms in total. The molecule has 0 aliphatic carbocycles. The van der Waals surface area contributed by atoms with Gasteiger partial charge in [0.05, 0.1) is 0 Å². The zero-order chi connectivity index (χ0) is 10.8. The smallest absolute Gasteiger partial charge is 0.0462 e. The average molecular weight is 232 g/mol. The van der Waals surface area contributed by atoms with E-state index in [1.165, 1.54) is 44.0 Å². The van der Waals surface area contributed by atoms with Gasteiger partial charge >= 0.3 is 0 Å². The Kier molecular flexibility index (Phi) is 8.38. The molecule has 0 aromatic heterocycles. The highest BCUT2D eigenvalue weighted by atomic mass is 32.2. The van der Waals surface area contributed by atoms with Gasteiger partial charge in [-0.15, -0.1) is 0 Å². The van der Waals surface area contributed by atoms with Crippen molar-refractivity contribution < 1.29 is 4.74 Å². The third-order valence-corrected chi connectivity index (χ3v) is 3.60. The molecule has 0 spiro atoms. The average Bonchev–Trinajstić information content (AvgIpc) is 2.29. The molecule has 1 rings (SSSR count). The van der Waals surface area contributed by atoms with Gasteiger partial charge < -0.3 is 15.0 Å². The summed E-state index contributed by atoms with van der Waals surface area (Å²) in [5.74, 6) is 2.63. The minimum atomic E-state index is 0.894. The van der Waals surface area contributed by atoms with Crippen LogP contribution in [0.4, 0.5) is 0 Å². The van der Waals surface area contributed by atoms with Crippen LogP contribution in [0.1, 0.15) is 12.8 Å². The summed E-state index contributed by atoms with van der Waals surface area (Å²) in [4.78, 5) is 2.55. The molecule has 0 aromatic rings. The van der Waals surface area contributed by atoms with Crippen molar-refractivity contribution in [2.45, 2.75) is 12.8 Å². The first-order valence-electron chi connectivity index (χ1n) is 5.93. The Hall–Kier alpha value is 0.230. The topological polar surface area (TPSA) is 24.5 Å². The van der Waals surface area contributed by atoms with Crippen molar-refractivity contribution >= 4 is 11.8 Å². The van der Waals surface area contributed by atoms with E-state index in [1.54, 1.807) is 7.11 Å². The normalized spacial score (nSPS) is 18.2. The first-order chi connectivity index (χ1) is 7.43. The molecule has 1 N–H and O–H groups in total. The highest BCUT2D eigenvalue weighted by molar-refractivity contribution is 7.99. The molecule has 1 aliphatic heterocycles. The first kappa shape index (κ1) is 13.3. The second-order valence-electron chi connectivity index (χ2n) is 3.90. The first-order valence-corrected chi connectivity index (χ1v) is 7.08. The number of rotatable bonds is 8. The zero-order valence-electron chi connectivity index (χ0n) is 9.83. The number of nitrogens with zero attached hydrogens (tertiary/aromatic N) is 1. The molecule has 0 bridgehead atoms. The van der Waals surface area contributed by atoms with Crippen LogP contribution < -0.4 is 5.32 Å². The molecule has 0 unspecified atom stereocenters. The number of nitrogens with one attached hydrogen (secondary N) is 1. The molecule has 90 valence electrons. The Morgan fingerprint density at radius 3 is 2.73 bits per heavy atom. The Morgan fingerprint density at radius 2 is 2.00 bits per heavy atom. The lowest BCUT2D eigenvalue weighted by molar-refractivity contribution is 0.192. The number of ether oxygens (including phenoxy) is 1. The van der Waals surface area contributed by atoms with E-state index < -0.39 is 0 Å². The minimum Gasteiger partial charge on any atom is -0.385 e. The van der Waals surface area contributed by atoms with Crippen molar-refractivity contribution in [1.29, 1.82) is 0 Å². The fourth-order valence-electron chi connectivity index (χ4n) is 1.68. The van der Waals surface area contributed by atoms with E-state index >= 15 is 0 Å². The van der Waals surface area contributed by atoms with Gasteiger partial charge in [0, 0.05) is 51.4 Å². The molecular weight excluding hydrogens is 208 g/mol. The molecule has 0 amide bonds. The summed E-state index contributed by atoms with van der Waals surface area (Å²) in [5.41, 5.74) is 0. The number of hydrogen-bond donors (Lipinski definition) is 1. The summed E-state index contributed by atoms with van der Waals surface area (Å²) in [5, 5.41) is 3.49. The van der Waals surface area contributed by atoms with E-state index in [0.717, 1.165) is 19.7 Å². The third-order valence-electron chi connectivity index (χ3n) is 2.66. The van der Waals surface area contributed by atoms with Gasteiger partial charge in [-0.1, -0.05) is 0 Å². The summed E-state index contributed by atoms with van der Waals surface area (Å²) >= 11 is 2.08. The van der Waals surface area contributed by atoms with E-state index in [0.29, 0.717) is 0 Å². The second kappa shape index (κ2) is 9.46. The van der Waals surface area contributed by atoms with Crippen molar-refractivity contribution in [3.8, 4) is 0 Å². The maximum atomic E-state index is 5.01. The van der Waals surface area contributed by atoms with Gasteiger partial charge in [-0.25, -0.2) is 0 Å². The van der Waals surface area contributed by atoms with Crippen LogP contribution >= 0.6 is 11.8 Å². The van der Waals surface area contributed by atoms with Crippen LogP contribution in [0.5, 0.6) is 0 Å². The minimum absolute atomic E-state index is 0.894. The monoisotopic (exact) mass is 232 g/mol. The Labute approximate surface area is 97.9 Å². The molecule has 1 aliphatic rings. The molecule has 15 heavy (non-hydrogen) atoms. The molecule has 1 fully saturated rings. The van der Waals surface area contributed by atoms with E-state index in [1.807, 2.05) is 0 Å². The Balaban J connectivity index is 1.79. The molecular formula is C11H24N2OS. The lowest BCUT2D eigenvalue weighted by Gasteiger charge is -2.26. The van der Waals surface area contributed by atoms with Gasteiger partial charge in [0.25, 0.3) is 0 Å². The molecule has 0 saturated carbocycles. The summed E-state index contributed by atoms with van der Waals surface area (Å²) in [6, 6.07) is 0. The summed E-state index contributed by atoms with van der Waals surface area (Å²) in [6.07, 6.45) is 2.40. The summed E-state index contributed by atoms with van der Waals surface area (Å²) < 4.78 is 5.01. The van der Waals surface area contributed by atoms with Gasteiger partial charge in [0.2, 0.25) is 0 Å². The summed E-state index contributed by atoms with van der Waals surface area (Å²) in [7, 11) is 1.77. The zero-order valence-corrected chi connectivity index (χ0v) is 10.7. The SMILES string of the molecule is COCCCCNCCN1CCSCC1. The standard InChI is InChI=1S/C11H24N2OS/c1-14-9-3-2-4-12-5-6-13-7-10-15-11-8-13/h12H,2-11H2,1H3. The van der Waals surface area contributed by atoms with Crippen molar-refractivity contribution in [1.82, 2.24) is 10.2 Å². The van der Waals surface area contributed by atoms with Crippen molar-refractivity contribution in [3.05, 3.63) is 0 Å². The van der Waals surface area contributed by atoms with E-state index in [4.69, 9.17) is 4.74 Å². The molecule has 1 heterocycles. The predicted molar refractivity (Wildman–Crippen MR) is 67.7 cm³/mol. The molecule has 0 radical (unpaired) electrons. The van der Waals surface area contributed by atoms with Gasteiger partial charge in [-0.2, -0.15) is 11.8 Å². The quantitative estimate of drug-likeness (QED) is 0.632. The van der Waals surface area contributed by atoms with Crippen LogP contribution in [0.25, 0.3) is 0 Å². The van der Waals surface area contributed by atoms with Crippen LogP contribution in [0.15, 0.2) is 0 Å². The van der Waals surface area contributed by atoms with Gasteiger partial charge in [0.1, 0.15) is 0 Å². The fraction of sp³-hybridized carbons (Fsp3) is 1.00. The molecule has 0 atom stereocenters. The van der Waals surface area contributed by atoms with Crippen LogP contribution in [0.3, 0.4) is 0 Å². The predicted octanol–water partition coefficient (Wildman–Crippen LogP) is 1.05. The lowest BCUT2D eigenvalue weighted by atomic mass is 10.3. The van der Waals surface area contributed by atoms with Crippen LogP contribution in [-0.4, -0.2) is 62.8 Å². The van der Waals surface area contributed by atoms with Crippen molar-refractivity contribution in [3.63, 3.8) is 0 Å². The maximum Gasteiger partial charge on any atom is 0.0462 e. The number of thioether (sulfide) groups is 1. The number of hydrogen-bond acceptors (Lipinski definition) is 4. The highest BCUT2D eigenvalue weighted by Crippen LogP contribution is 2.07. The second-order valence-corrected chi connectivity index (χ2v) is 5.13. The fourth-order valence-corrected chi connectivity index (χ4v) is 2.66. The molecule has 4 heteroatoms. The van der Waals surface area contributed by atoms with Crippen molar-refractivity contribution in [2.24, 2.45) is 0 Å². The molecule has 1 saturated heterocycles. The van der Waals surface area contributed by atoms with Gasteiger partial charge in [-0.3, -0.25) is 0 Å². The Morgan fingerprint density at radius 1 is 1.20 bits per heavy atom. The maximum absolute atomic E-state index is 5.01. The summed E-state index contributed by atoms with van der Waals surface area (Å²) in [6.45, 7) is 6.92. The van der Waals surface area contributed by atoms with Crippen LogP contribution in [-0.2, 0) is 4.74 Å². The van der Waals surface area contributed by atoms with Gasteiger partial charge in [0.15, 0.2) is 0 Å². The van der Waals surface area contributed by atoms with E-state index in [9.17, 15) is 0 Å². The molecule has 0 aromatic carbocycles. The highest BCUT2D eigenvalue weighted by Gasteiger charge is 2.08. The number of methoxy groups -OCH3 is 1. The lowest BCUT2D eigenvalue weighted by Crippen LogP contribution is -2.37. The number of unbranched alkanes of at least 4 members (excludes halogenated alkanes) is 1. The largest absolute Gasteiger partial charge is 0.385 e. The Bertz CT molecular complexity index is 141. The van der Waals surface area contributed by atoms with Gasteiger partial charge in [-0.05, 0) is 19.4 Å².